The topological polar surface area (TPSA) is 78.4 Å². The number of anilines is 1. The summed E-state index contributed by atoms with van der Waals surface area (Å²) in [5.74, 6) is -0.490. The van der Waals surface area contributed by atoms with Crippen LogP contribution in [0.25, 0.3) is 0 Å². The molecule has 2 aromatic rings. The Labute approximate surface area is 200 Å². The molecule has 0 bridgehead atoms. The van der Waals surface area contributed by atoms with E-state index in [9.17, 15) is 27.3 Å². The summed E-state index contributed by atoms with van der Waals surface area (Å²) in [6.45, 7) is 0.984. The van der Waals surface area contributed by atoms with Crippen LogP contribution < -0.4 is 10.6 Å². The number of aryl methyl sites for hydroxylation is 1. The van der Waals surface area contributed by atoms with Crippen LogP contribution in [0.1, 0.15) is 16.7 Å². The van der Waals surface area contributed by atoms with E-state index in [-0.39, 0.29) is 33.3 Å². The fourth-order valence-electron chi connectivity index (χ4n) is 2.82. The third-order valence-corrected chi connectivity index (χ3v) is 6.50. The molecule has 0 spiro atoms. The smallest absolute Gasteiger partial charge is 0.381 e. The molecule has 0 saturated carbocycles. The van der Waals surface area contributed by atoms with Crippen molar-refractivity contribution in [3.63, 3.8) is 0 Å². The van der Waals surface area contributed by atoms with Gasteiger partial charge in [-0.2, -0.15) is 13.2 Å². The fourth-order valence-corrected chi connectivity index (χ4v) is 3.89. The zero-order chi connectivity index (χ0) is 24.3. The van der Waals surface area contributed by atoms with E-state index in [1.165, 1.54) is 12.3 Å². The van der Waals surface area contributed by atoms with Crippen LogP contribution in [-0.4, -0.2) is 40.0 Å². The van der Waals surface area contributed by atoms with Gasteiger partial charge >= 0.3 is 6.18 Å². The molecule has 0 saturated heterocycles. The van der Waals surface area contributed by atoms with Crippen molar-refractivity contribution >= 4 is 57.2 Å². The molecule has 0 unspecified atom stereocenters. The molecular formula is C20H20Cl3F3N2O3S. The Morgan fingerprint density at radius 1 is 1.12 bits per heavy atom. The van der Waals surface area contributed by atoms with Crippen molar-refractivity contribution in [1.29, 1.82) is 0 Å². The summed E-state index contributed by atoms with van der Waals surface area (Å²) in [6.07, 6.45) is -3.63. The van der Waals surface area contributed by atoms with Crippen LogP contribution in [0.15, 0.2) is 30.3 Å². The molecule has 0 aromatic heterocycles. The van der Waals surface area contributed by atoms with E-state index in [0.29, 0.717) is 11.3 Å². The highest BCUT2D eigenvalue weighted by molar-refractivity contribution is 7.85. The quantitative estimate of drug-likeness (QED) is 0.427. The van der Waals surface area contributed by atoms with Gasteiger partial charge in [-0.25, -0.2) is 0 Å². The molecule has 0 aliphatic rings. The van der Waals surface area contributed by atoms with E-state index in [0.717, 1.165) is 17.7 Å². The number of rotatable bonds is 8. The SMILES string of the molecule is Cc1cc(NC[C@](O)(c2cc(Cl)c(Cl)c(Cl)c2)C(F)(F)F)ccc1CNC(=O)C[S@](C)=O. The standard InChI is InChI=1S/C20H20Cl3F3N2O3S/c1-11-5-14(4-3-12(11)8-27-17(29)9-32(2)31)28-10-19(30,20(24,25)26)13-6-15(21)18(23)16(22)7-13/h3-7,28,30H,8-10H2,1-2H3,(H,27,29)/t19-,32-/m0/s1. The zero-order valence-corrected chi connectivity index (χ0v) is 20.0. The number of halogens is 6. The summed E-state index contributed by atoms with van der Waals surface area (Å²) in [5, 5.41) is 15.2. The Morgan fingerprint density at radius 3 is 2.22 bits per heavy atom. The van der Waals surface area contributed by atoms with Gasteiger partial charge in [-0.05, 0) is 47.9 Å². The molecule has 0 aliphatic carbocycles. The Balaban J connectivity index is 2.19. The van der Waals surface area contributed by atoms with Gasteiger partial charge in [-0.1, -0.05) is 40.9 Å². The molecule has 32 heavy (non-hydrogen) atoms. The van der Waals surface area contributed by atoms with Crippen molar-refractivity contribution in [3.8, 4) is 0 Å². The Hall–Kier alpha value is -1.52. The summed E-state index contributed by atoms with van der Waals surface area (Å²) in [7, 11) is -1.26. The van der Waals surface area contributed by atoms with Gasteiger partial charge in [0.25, 0.3) is 0 Å². The van der Waals surface area contributed by atoms with Crippen LogP contribution in [0.5, 0.6) is 0 Å². The van der Waals surface area contributed by atoms with Crippen molar-refractivity contribution in [3.05, 3.63) is 62.1 Å². The van der Waals surface area contributed by atoms with E-state index in [1.807, 2.05) is 0 Å². The Bertz CT molecular complexity index is 1010. The second kappa shape index (κ2) is 10.6. The molecule has 2 rings (SSSR count). The summed E-state index contributed by atoms with van der Waals surface area (Å²) >= 11 is 17.5. The van der Waals surface area contributed by atoms with Crippen molar-refractivity contribution in [1.82, 2.24) is 5.32 Å². The maximum absolute atomic E-state index is 13.8. The molecule has 0 aliphatic heterocycles. The summed E-state index contributed by atoms with van der Waals surface area (Å²) in [6, 6.07) is 6.57. The van der Waals surface area contributed by atoms with Crippen LogP contribution in [-0.2, 0) is 27.7 Å². The molecule has 2 aromatic carbocycles. The van der Waals surface area contributed by atoms with E-state index >= 15 is 0 Å². The summed E-state index contributed by atoms with van der Waals surface area (Å²) in [5.41, 5.74) is -2.10. The monoisotopic (exact) mass is 530 g/mol. The van der Waals surface area contributed by atoms with Gasteiger partial charge in [-0.15, -0.1) is 0 Å². The number of carbonyl (C=O) groups excluding carboxylic acids is 1. The van der Waals surface area contributed by atoms with Crippen molar-refractivity contribution in [2.45, 2.75) is 25.2 Å². The third kappa shape index (κ3) is 6.51. The van der Waals surface area contributed by atoms with E-state index in [4.69, 9.17) is 34.8 Å². The Kier molecular flexibility index (Phi) is 8.86. The molecule has 5 nitrogen and oxygen atoms in total. The van der Waals surface area contributed by atoms with Crippen LogP contribution >= 0.6 is 34.8 Å². The average molecular weight is 532 g/mol. The number of carbonyl (C=O) groups is 1. The van der Waals surface area contributed by atoms with Crippen molar-refractivity contribution in [2.75, 3.05) is 23.9 Å². The molecule has 0 heterocycles. The second-order valence-corrected chi connectivity index (χ2v) is 9.73. The number of hydrogen-bond donors (Lipinski definition) is 3. The highest BCUT2D eigenvalue weighted by Gasteiger charge is 2.55. The summed E-state index contributed by atoms with van der Waals surface area (Å²) < 4.78 is 52.5. The second-order valence-electron chi connectivity index (χ2n) is 7.10. The molecule has 0 radical (unpaired) electrons. The molecular weight excluding hydrogens is 512 g/mol. The van der Waals surface area contributed by atoms with Gasteiger partial charge in [0.15, 0.2) is 0 Å². The summed E-state index contributed by atoms with van der Waals surface area (Å²) in [4.78, 5) is 11.6. The first-order valence-corrected chi connectivity index (χ1v) is 11.9. The molecule has 3 N–H and O–H groups in total. The normalized spacial score (nSPS) is 14.5. The van der Waals surface area contributed by atoms with Gasteiger partial charge in [-0.3, -0.25) is 9.00 Å². The lowest BCUT2D eigenvalue weighted by atomic mass is 9.92. The molecule has 1 amide bonds. The van der Waals surface area contributed by atoms with E-state index < -0.39 is 34.7 Å². The number of hydrogen-bond acceptors (Lipinski definition) is 4. The number of alkyl halides is 3. The van der Waals surface area contributed by atoms with E-state index in [2.05, 4.69) is 10.6 Å². The van der Waals surface area contributed by atoms with Gasteiger partial charge in [0.1, 0.15) is 5.75 Å². The predicted molar refractivity (Wildman–Crippen MR) is 122 cm³/mol. The molecule has 0 fully saturated rings. The molecule has 176 valence electrons. The van der Waals surface area contributed by atoms with Crippen LogP contribution in [0, 0.1) is 6.92 Å². The zero-order valence-electron chi connectivity index (χ0n) is 16.9. The lowest BCUT2D eigenvalue weighted by Gasteiger charge is -2.32. The number of aliphatic hydroxyl groups is 1. The van der Waals surface area contributed by atoms with Crippen LogP contribution in [0.4, 0.5) is 18.9 Å². The lowest BCUT2D eigenvalue weighted by Crippen LogP contribution is -2.47. The molecule has 12 heteroatoms. The van der Waals surface area contributed by atoms with Gasteiger partial charge in [0, 0.05) is 29.3 Å². The lowest BCUT2D eigenvalue weighted by molar-refractivity contribution is -0.260. The first kappa shape index (κ1) is 26.7. The third-order valence-electron chi connectivity index (χ3n) is 4.63. The first-order chi connectivity index (χ1) is 14.7. The minimum atomic E-state index is -5.04. The number of benzene rings is 2. The minimum absolute atomic E-state index is 0.113. The Morgan fingerprint density at radius 2 is 1.72 bits per heavy atom. The van der Waals surface area contributed by atoms with E-state index in [1.54, 1.807) is 19.1 Å². The van der Waals surface area contributed by atoms with Gasteiger partial charge in [0.05, 0.1) is 21.6 Å². The van der Waals surface area contributed by atoms with Crippen LogP contribution in [0.3, 0.4) is 0 Å². The van der Waals surface area contributed by atoms with Gasteiger partial charge in [0.2, 0.25) is 11.5 Å². The van der Waals surface area contributed by atoms with Crippen LogP contribution in [0.2, 0.25) is 15.1 Å². The predicted octanol–water partition coefficient (Wildman–Crippen LogP) is 4.81. The highest BCUT2D eigenvalue weighted by Crippen LogP contribution is 2.43. The minimum Gasteiger partial charge on any atom is -0.381 e. The molecule has 2 atom stereocenters. The maximum atomic E-state index is 13.8. The largest absolute Gasteiger partial charge is 0.423 e. The van der Waals surface area contributed by atoms with Gasteiger partial charge < -0.3 is 15.7 Å². The van der Waals surface area contributed by atoms with Crippen molar-refractivity contribution in [2.24, 2.45) is 0 Å². The number of amides is 1. The highest BCUT2D eigenvalue weighted by atomic mass is 35.5. The maximum Gasteiger partial charge on any atom is 0.423 e. The number of nitrogens with one attached hydrogen (secondary N) is 2. The first-order valence-electron chi connectivity index (χ1n) is 9.09. The average Bonchev–Trinajstić information content (AvgIpc) is 2.67. The van der Waals surface area contributed by atoms with Crippen molar-refractivity contribution < 1.29 is 27.3 Å². The fraction of sp³-hybridized carbons (Fsp3) is 0.350.